The van der Waals surface area contributed by atoms with E-state index in [1.807, 2.05) is 18.2 Å². The molecule has 1 unspecified atom stereocenters. The molecule has 0 spiro atoms. The predicted molar refractivity (Wildman–Crippen MR) is 135 cm³/mol. The Hall–Kier alpha value is -1.32. The number of ketones is 1. The number of hydrogen-bond donors (Lipinski definition) is 3. The van der Waals surface area contributed by atoms with Crippen molar-refractivity contribution >= 4 is 56.7 Å². The molecule has 4 atom stereocenters. The lowest BCUT2D eigenvalue weighted by Crippen LogP contribution is -2.25. The Morgan fingerprint density at radius 1 is 1.31 bits per heavy atom. The van der Waals surface area contributed by atoms with Gasteiger partial charge in [-0.3, -0.25) is 9.59 Å². The Morgan fingerprint density at radius 3 is 2.84 bits per heavy atom. The number of fused-ring (bicyclic) bond motifs is 1. The van der Waals surface area contributed by atoms with E-state index in [-0.39, 0.29) is 29.1 Å². The molecule has 1 aliphatic carbocycles. The lowest BCUT2D eigenvalue weighted by molar-refractivity contribution is -0.133. The second kappa shape index (κ2) is 11.7. The number of Topliss-reactive ketones (excluding diaryl/α,β-unsaturated/α-hetero) is 1. The minimum absolute atomic E-state index is 0.0419. The van der Waals surface area contributed by atoms with Gasteiger partial charge in [0.2, 0.25) is 0 Å². The van der Waals surface area contributed by atoms with Crippen molar-refractivity contribution < 1.29 is 24.9 Å². The van der Waals surface area contributed by atoms with Crippen LogP contribution < -0.4 is 0 Å². The maximum absolute atomic E-state index is 12.4. The molecule has 1 aromatic carbocycles. The van der Waals surface area contributed by atoms with Crippen molar-refractivity contribution in [3.8, 4) is 0 Å². The Balaban J connectivity index is 1.51. The lowest BCUT2D eigenvalue weighted by atomic mass is 9.95. The molecule has 32 heavy (non-hydrogen) atoms. The Kier molecular flexibility index (Phi) is 9.25. The number of thioether (sulfide) groups is 2. The number of carbonyl (C=O) groups excluding carboxylic acids is 1. The van der Waals surface area contributed by atoms with E-state index in [0.717, 1.165) is 24.3 Å². The SMILES string of the molecule is CC(O)(/C=C/[C@H]1[C@H](O)CC(=O)[C@@H]1SCCCSCC(=O)O)CCc1cc2ccccc2s1. The molecule has 0 bridgehead atoms. The molecule has 0 aliphatic heterocycles. The monoisotopic (exact) mass is 494 g/mol. The van der Waals surface area contributed by atoms with Gasteiger partial charge >= 0.3 is 5.97 Å². The van der Waals surface area contributed by atoms with Crippen LogP contribution in [0.15, 0.2) is 42.5 Å². The second-order valence-electron chi connectivity index (χ2n) is 8.37. The first kappa shape index (κ1) is 25.3. The summed E-state index contributed by atoms with van der Waals surface area (Å²) in [6, 6.07) is 10.4. The third kappa shape index (κ3) is 7.35. The van der Waals surface area contributed by atoms with E-state index < -0.39 is 17.7 Å². The highest BCUT2D eigenvalue weighted by Crippen LogP contribution is 2.35. The van der Waals surface area contributed by atoms with Crippen LogP contribution in [0.1, 0.15) is 31.1 Å². The van der Waals surface area contributed by atoms with E-state index in [2.05, 4.69) is 18.2 Å². The van der Waals surface area contributed by atoms with Gasteiger partial charge in [0.25, 0.3) is 0 Å². The summed E-state index contributed by atoms with van der Waals surface area (Å²) in [7, 11) is 0. The van der Waals surface area contributed by atoms with Crippen molar-refractivity contribution in [3.05, 3.63) is 47.4 Å². The Labute approximate surface area is 201 Å². The van der Waals surface area contributed by atoms with E-state index in [1.54, 1.807) is 24.3 Å². The summed E-state index contributed by atoms with van der Waals surface area (Å²) < 4.78 is 1.24. The predicted octanol–water partition coefficient (Wildman–Crippen LogP) is 4.40. The lowest BCUT2D eigenvalue weighted by Gasteiger charge is -2.22. The molecule has 0 radical (unpaired) electrons. The summed E-state index contributed by atoms with van der Waals surface area (Å²) >= 11 is 4.64. The molecular formula is C24H30O5S3. The number of carbonyl (C=O) groups is 2. The smallest absolute Gasteiger partial charge is 0.313 e. The molecule has 2 aromatic rings. The van der Waals surface area contributed by atoms with Crippen LogP contribution in [0.25, 0.3) is 10.1 Å². The van der Waals surface area contributed by atoms with Crippen LogP contribution in [0, 0.1) is 5.92 Å². The third-order valence-electron chi connectivity index (χ3n) is 5.51. The molecule has 8 heteroatoms. The van der Waals surface area contributed by atoms with Gasteiger partial charge in [0.05, 0.1) is 22.7 Å². The van der Waals surface area contributed by atoms with Gasteiger partial charge in [-0.2, -0.15) is 11.8 Å². The summed E-state index contributed by atoms with van der Waals surface area (Å²) in [5.41, 5.74) is -1.02. The summed E-state index contributed by atoms with van der Waals surface area (Å²) in [6.07, 6.45) is 5.10. The van der Waals surface area contributed by atoms with Gasteiger partial charge in [-0.1, -0.05) is 30.4 Å². The first-order valence-electron chi connectivity index (χ1n) is 10.8. The topological polar surface area (TPSA) is 94.8 Å². The first-order valence-corrected chi connectivity index (χ1v) is 13.8. The van der Waals surface area contributed by atoms with E-state index in [0.29, 0.717) is 6.42 Å². The fourth-order valence-corrected chi connectivity index (χ4v) is 7.03. The summed E-state index contributed by atoms with van der Waals surface area (Å²) in [5, 5.41) is 30.8. The molecule has 1 heterocycles. The van der Waals surface area contributed by atoms with Crippen molar-refractivity contribution in [2.24, 2.45) is 5.92 Å². The molecule has 3 N–H and O–H groups in total. The van der Waals surface area contributed by atoms with Gasteiger partial charge in [-0.15, -0.1) is 23.1 Å². The van der Waals surface area contributed by atoms with Crippen molar-refractivity contribution in [2.45, 2.75) is 49.6 Å². The number of hydrogen-bond acceptors (Lipinski definition) is 7. The zero-order valence-corrected chi connectivity index (χ0v) is 20.6. The molecule has 1 fully saturated rings. The molecule has 3 rings (SSSR count). The van der Waals surface area contributed by atoms with Crippen LogP contribution in [-0.2, 0) is 16.0 Å². The normalized spacial score (nSPS) is 23.2. The fourth-order valence-electron chi connectivity index (χ4n) is 3.78. The number of aliphatic hydroxyl groups excluding tert-OH is 1. The number of benzene rings is 1. The molecule has 5 nitrogen and oxygen atoms in total. The zero-order valence-electron chi connectivity index (χ0n) is 18.1. The molecule has 1 saturated carbocycles. The Bertz CT molecular complexity index is 919. The zero-order chi connectivity index (χ0) is 23.1. The van der Waals surface area contributed by atoms with Crippen molar-refractivity contribution in [3.63, 3.8) is 0 Å². The third-order valence-corrected chi connectivity index (χ3v) is 9.17. The van der Waals surface area contributed by atoms with Crippen molar-refractivity contribution in [1.29, 1.82) is 0 Å². The van der Waals surface area contributed by atoms with E-state index in [1.165, 1.54) is 38.5 Å². The quantitative estimate of drug-likeness (QED) is 0.297. The number of carboxylic acids is 1. The largest absolute Gasteiger partial charge is 0.481 e. The number of aliphatic carboxylic acids is 1. The van der Waals surface area contributed by atoms with Crippen LogP contribution in [0.2, 0.25) is 0 Å². The van der Waals surface area contributed by atoms with Gasteiger partial charge < -0.3 is 15.3 Å². The van der Waals surface area contributed by atoms with Crippen molar-refractivity contribution in [2.75, 3.05) is 17.3 Å². The highest BCUT2D eigenvalue weighted by molar-refractivity contribution is 8.01. The summed E-state index contributed by atoms with van der Waals surface area (Å²) in [6.45, 7) is 1.77. The highest BCUT2D eigenvalue weighted by atomic mass is 32.2. The average Bonchev–Trinajstić information content (AvgIpc) is 3.27. The standard InChI is InChI=1S/C24H30O5S3/c1-24(29,9-7-17-13-16-5-2-3-6-21(16)32-17)10-8-18-19(25)14-20(26)23(18)31-12-4-11-30-15-22(27)28/h2-3,5-6,8,10,13,18-19,23,25,29H,4,7,9,11-12,14-15H2,1H3,(H,27,28)/b10-8+/t18-,19+,23+,24?/m0/s1. The number of aryl methyl sites for hydroxylation is 1. The van der Waals surface area contributed by atoms with Crippen molar-refractivity contribution in [1.82, 2.24) is 0 Å². The first-order chi connectivity index (χ1) is 15.2. The molecule has 0 saturated heterocycles. The average molecular weight is 495 g/mol. The maximum atomic E-state index is 12.4. The number of rotatable bonds is 12. The van der Waals surface area contributed by atoms with Crippen LogP contribution >= 0.6 is 34.9 Å². The fraction of sp³-hybridized carbons (Fsp3) is 0.500. The minimum Gasteiger partial charge on any atom is -0.481 e. The molecular weight excluding hydrogens is 464 g/mol. The number of thiophene rings is 1. The molecule has 1 aromatic heterocycles. The van der Waals surface area contributed by atoms with E-state index >= 15 is 0 Å². The maximum Gasteiger partial charge on any atom is 0.313 e. The van der Waals surface area contributed by atoms with Gasteiger partial charge in [0, 0.05) is 21.9 Å². The van der Waals surface area contributed by atoms with Crippen LogP contribution in [0.4, 0.5) is 0 Å². The molecule has 1 aliphatic rings. The van der Waals surface area contributed by atoms with Gasteiger partial charge in [0.15, 0.2) is 0 Å². The highest BCUT2D eigenvalue weighted by Gasteiger charge is 2.40. The number of aliphatic hydroxyl groups is 2. The summed E-state index contributed by atoms with van der Waals surface area (Å²) in [5.74, 6) is 0.475. The van der Waals surface area contributed by atoms with Gasteiger partial charge in [-0.25, -0.2) is 0 Å². The van der Waals surface area contributed by atoms with E-state index in [4.69, 9.17) is 5.11 Å². The van der Waals surface area contributed by atoms with Gasteiger partial charge in [-0.05, 0) is 55.2 Å². The molecule has 174 valence electrons. The summed E-state index contributed by atoms with van der Waals surface area (Å²) in [4.78, 5) is 24.2. The van der Waals surface area contributed by atoms with Crippen LogP contribution in [0.5, 0.6) is 0 Å². The minimum atomic E-state index is -1.02. The van der Waals surface area contributed by atoms with Crippen LogP contribution in [0.3, 0.4) is 0 Å². The molecule has 0 amide bonds. The second-order valence-corrected chi connectivity index (χ2v) is 11.9. The van der Waals surface area contributed by atoms with Gasteiger partial charge in [0.1, 0.15) is 5.78 Å². The van der Waals surface area contributed by atoms with Crippen LogP contribution in [-0.4, -0.2) is 61.3 Å². The van der Waals surface area contributed by atoms with E-state index in [9.17, 15) is 19.8 Å². The Morgan fingerprint density at radius 2 is 2.09 bits per heavy atom. The number of carboxylic acid groups (broad SMARTS) is 1.